The third-order valence-electron chi connectivity index (χ3n) is 5.72. The smallest absolute Gasteiger partial charge is 0.242 e. The van der Waals surface area contributed by atoms with Crippen molar-refractivity contribution in [2.45, 2.75) is 75.7 Å². The monoisotopic (exact) mass is 429 g/mol. The quantitative estimate of drug-likeness (QED) is 0.704. The predicted molar refractivity (Wildman–Crippen MR) is 118 cm³/mol. The van der Waals surface area contributed by atoms with Crippen LogP contribution in [0.1, 0.15) is 56.2 Å². The van der Waals surface area contributed by atoms with Crippen LogP contribution in [0.2, 0.25) is 0 Å². The van der Waals surface area contributed by atoms with Crippen molar-refractivity contribution in [3.8, 4) is 5.75 Å². The summed E-state index contributed by atoms with van der Waals surface area (Å²) in [7, 11) is -3.81. The van der Waals surface area contributed by atoms with Crippen molar-refractivity contribution >= 4 is 15.7 Å². The van der Waals surface area contributed by atoms with Crippen LogP contribution in [0.15, 0.2) is 47.4 Å². The Morgan fingerprint density at radius 1 is 1.07 bits per heavy atom. The molecule has 0 aromatic heterocycles. The molecule has 0 radical (unpaired) electrons. The minimum absolute atomic E-state index is 0.0908. The molecule has 6 heteroatoms. The summed E-state index contributed by atoms with van der Waals surface area (Å²) in [6, 6.07) is 12.9. The molecule has 0 unspecified atom stereocenters. The topological polar surface area (TPSA) is 72.5 Å². The van der Waals surface area contributed by atoms with Crippen LogP contribution in [0.3, 0.4) is 0 Å². The summed E-state index contributed by atoms with van der Waals surface area (Å²) in [5, 5.41) is 2.89. The normalized spacial score (nSPS) is 15.9. The summed E-state index contributed by atoms with van der Waals surface area (Å²) in [5.41, 5.74) is 2.45. The van der Waals surface area contributed by atoms with Gasteiger partial charge in [-0.15, -0.1) is 0 Å². The van der Waals surface area contributed by atoms with Gasteiger partial charge in [-0.3, -0.25) is 4.79 Å². The Kier molecular flexibility index (Phi) is 6.56. The van der Waals surface area contributed by atoms with E-state index in [2.05, 4.69) is 5.32 Å². The molecule has 5 nitrogen and oxygen atoms in total. The molecule has 1 fully saturated rings. The van der Waals surface area contributed by atoms with E-state index in [1.807, 2.05) is 57.2 Å². The lowest BCUT2D eigenvalue weighted by atomic mass is 10.1. The molecular weight excluding hydrogens is 398 g/mol. The lowest BCUT2D eigenvalue weighted by Gasteiger charge is -2.28. The van der Waals surface area contributed by atoms with Gasteiger partial charge in [0.1, 0.15) is 5.75 Å². The molecule has 3 rings (SSSR count). The number of ether oxygens (including phenoxy) is 1. The Hall–Kier alpha value is -2.34. The van der Waals surface area contributed by atoms with Crippen molar-refractivity contribution in [1.29, 1.82) is 0 Å². The van der Waals surface area contributed by atoms with E-state index < -0.39 is 20.5 Å². The molecule has 1 aliphatic rings. The first-order valence-electron chi connectivity index (χ1n) is 10.5. The highest BCUT2D eigenvalue weighted by atomic mass is 32.2. The summed E-state index contributed by atoms with van der Waals surface area (Å²) in [4.78, 5) is 13.5. The van der Waals surface area contributed by atoms with Gasteiger partial charge < -0.3 is 10.1 Å². The maximum absolute atomic E-state index is 13.7. The van der Waals surface area contributed by atoms with E-state index >= 15 is 0 Å². The average Bonchev–Trinajstić information content (AvgIpc) is 3.20. The van der Waals surface area contributed by atoms with Gasteiger partial charge in [-0.05, 0) is 75.4 Å². The summed E-state index contributed by atoms with van der Waals surface area (Å²) in [5.74, 6) is 0.369. The molecule has 2 aromatic carbocycles. The van der Waals surface area contributed by atoms with Gasteiger partial charge >= 0.3 is 0 Å². The van der Waals surface area contributed by atoms with Crippen LogP contribution in [0, 0.1) is 13.8 Å². The lowest BCUT2D eigenvalue weighted by molar-refractivity contribution is -0.123. The second-order valence-electron chi connectivity index (χ2n) is 8.47. The maximum atomic E-state index is 13.7. The SMILES string of the molecule is Cc1ccc(C)c(S(=O)(=O)C2(C(=O)NCc3ccc(OC(C)C)cc3)CCCC2)c1. The van der Waals surface area contributed by atoms with E-state index in [0.717, 1.165) is 29.7 Å². The zero-order valence-electron chi connectivity index (χ0n) is 18.2. The van der Waals surface area contributed by atoms with E-state index in [-0.39, 0.29) is 17.5 Å². The van der Waals surface area contributed by atoms with E-state index in [4.69, 9.17) is 4.74 Å². The molecule has 2 aromatic rings. The molecular formula is C24H31NO4S. The van der Waals surface area contributed by atoms with Crippen molar-refractivity contribution < 1.29 is 17.9 Å². The van der Waals surface area contributed by atoms with E-state index in [1.165, 1.54) is 0 Å². The number of aryl methyl sites for hydroxylation is 2. The molecule has 0 aliphatic heterocycles. The number of amides is 1. The van der Waals surface area contributed by atoms with E-state index in [0.29, 0.717) is 18.4 Å². The number of hydrogen-bond acceptors (Lipinski definition) is 4. The van der Waals surface area contributed by atoms with Crippen molar-refractivity contribution in [2.75, 3.05) is 0 Å². The molecule has 1 aliphatic carbocycles. The first kappa shape index (κ1) is 22.3. The van der Waals surface area contributed by atoms with E-state index in [9.17, 15) is 13.2 Å². The highest BCUT2D eigenvalue weighted by Gasteiger charge is 2.53. The Labute approximate surface area is 179 Å². The van der Waals surface area contributed by atoms with Gasteiger partial charge in [0.15, 0.2) is 14.6 Å². The molecule has 0 atom stereocenters. The third kappa shape index (κ3) is 4.38. The number of hydrogen-bond donors (Lipinski definition) is 1. The fraction of sp³-hybridized carbons (Fsp3) is 0.458. The Morgan fingerprint density at radius 3 is 2.30 bits per heavy atom. The molecule has 1 N–H and O–H groups in total. The number of carbonyl (C=O) groups is 1. The lowest BCUT2D eigenvalue weighted by Crippen LogP contribution is -2.50. The average molecular weight is 430 g/mol. The molecule has 0 heterocycles. The summed E-state index contributed by atoms with van der Waals surface area (Å²) >= 11 is 0. The molecule has 162 valence electrons. The van der Waals surface area contributed by atoms with Gasteiger partial charge in [-0.25, -0.2) is 8.42 Å². The molecule has 0 saturated heterocycles. The zero-order chi connectivity index (χ0) is 21.9. The minimum atomic E-state index is -3.81. The van der Waals surface area contributed by atoms with Crippen molar-refractivity contribution in [2.24, 2.45) is 0 Å². The van der Waals surface area contributed by atoms with Crippen LogP contribution in [0.5, 0.6) is 5.75 Å². The molecule has 0 bridgehead atoms. The summed E-state index contributed by atoms with van der Waals surface area (Å²) < 4.78 is 31.5. The molecule has 1 saturated carbocycles. The second-order valence-corrected chi connectivity index (χ2v) is 10.7. The van der Waals surface area contributed by atoms with Crippen LogP contribution in [-0.4, -0.2) is 25.2 Å². The first-order valence-corrected chi connectivity index (χ1v) is 12.0. The van der Waals surface area contributed by atoms with Crippen LogP contribution in [-0.2, 0) is 21.2 Å². The molecule has 30 heavy (non-hydrogen) atoms. The second kappa shape index (κ2) is 8.80. The Bertz CT molecular complexity index is 1000. The Balaban J connectivity index is 1.82. The van der Waals surface area contributed by atoms with Gasteiger partial charge in [0.2, 0.25) is 5.91 Å². The van der Waals surface area contributed by atoms with E-state index in [1.54, 1.807) is 13.0 Å². The number of carbonyl (C=O) groups excluding carboxylic acids is 1. The fourth-order valence-corrected chi connectivity index (χ4v) is 6.47. The zero-order valence-corrected chi connectivity index (χ0v) is 19.0. The maximum Gasteiger partial charge on any atom is 0.242 e. The van der Waals surface area contributed by atoms with Crippen molar-refractivity contribution in [3.63, 3.8) is 0 Å². The minimum Gasteiger partial charge on any atom is -0.491 e. The Morgan fingerprint density at radius 2 is 1.70 bits per heavy atom. The molecule has 0 spiro atoms. The van der Waals surface area contributed by atoms with Gasteiger partial charge in [0.05, 0.1) is 11.0 Å². The van der Waals surface area contributed by atoms with Gasteiger partial charge in [-0.1, -0.05) is 37.1 Å². The third-order valence-corrected chi connectivity index (χ3v) is 8.36. The van der Waals surface area contributed by atoms with Crippen molar-refractivity contribution in [3.05, 3.63) is 59.2 Å². The standard InChI is InChI=1S/C24H31NO4S/c1-17(2)29-21-11-9-20(10-12-21)16-25-23(26)24(13-5-6-14-24)30(27,28)22-15-18(3)7-8-19(22)4/h7-12,15,17H,5-6,13-14,16H2,1-4H3,(H,25,26). The molecule has 1 amide bonds. The van der Waals surface area contributed by atoms with Crippen LogP contribution in [0.25, 0.3) is 0 Å². The van der Waals surface area contributed by atoms with Gasteiger partial charge in [-0.2, -0.15) is 0 Å². The summed E-state index contributed by atoms with van der Waals surface area (Å²) in [6.45, 7) is 7.86. The highest BCUT2D eigenvalue weighted by molar-refractivity contribution is 7.93. The van der Waals surface area contributed by atoms with Crippen LogP contribution >= 0.6 is 0 Å². The van der Waals surface area contributed by atoms with Crippen molar-refractivity contribution in [1.82, 2.24) is 5.32 Å². The van der Waals surface area contributed by atoms with Crippen LogP contribution < -0.4 is 10.1 Å². The predicted octanol–water partition coefficient (Wildman–Crippen LogP) is 4.49. The van der Waals surface area contributed by atoms with Gasteiger partial charge in [0.25, 0.3) is 0 Å². The van der Waals surface area contributed by atoms with Crippen LogP contribution in [0.4, 0.5) is 0 Å². The fourth-order valence-electron chi connectivity index (χ4n) is 4.07. The van der Waals surface area contributed by atoms with Gasteiger partial charge in [0, 0.05) is 6.54 Å². The highest BCUT2D eigenvalue weighted by Crippen LogP contribution is 2.41. The summed E-state index contributed by atoms with van der Waals surface area (Å²) in [6.07, 6.45) is 2.27. The number of nitrogens with one attached hydrogen (secondary N) is 1. The largest absolute Gasteiger partial charge is 0.491 e. The number of sulfone groups is 1. The number of benzene rings is 2. The first-order chi connectivity index (χ1) is 14.2. The number of rotatable bonds is 7.